The molecule has 2 unspecified atom stereocenters. The summed E-state index contributed by atoms with van der Waals surface area (Å²) in [5.74, 6) is -1.51. The van der Waals surface area contributed by atoms with E-state index in [1.165, 1.54) is 17.5 Å². The number of nitrogens with two attached hydrogens (primary N) is 1. The fourth-order valence-corrected chi connectivity index (χ4v) is 10.9. The van der Waals surface area contributed by atoms with Crippen molar-refractivity contribution in [2.75, 3.05) is 39.4 Å². The first kappa shape index (κ1) is 45.1. The van der Waals surface area contributed by atoms with Gasteiger partial charge >= 0.3 is 12.1 Å². The highest BCUT2D eigenvalue weighted by atomic mass is 19.4. The summed E-state index contributed by atoms with van der Waals surface area (Å²) in [6.45, 7) is 6.32. The van der Waals surface area contributed by atoms with Gasteiger partial charge in [-0.25, -0.2) is 0 Å². The SMILES string of the molecule is N#Cc1ccc(CN2CCC3(CC2)CC(N(C(=O)C(F)(F)F)[C@@H]2C[C@H]2c2ccccc2)CO3)cc1.NC(=O)c1ccc(CN2CCC3(CC2)CC(N[C@@H]2C[C@H]2c2ccccc2)CO3)cc1. The number of carbonyl (C=O) groups is 2. The molecule has 2 amide bonds. The monoisotopic (exact) mass is 888 g/mol. The molecule has 0 bridgehead atoms. The lowest BCUT2D eigenvalue weighted by atomic mass is 9.86. The number of nitrogens with zero attached hydrogens (tertiary/aromatic N) is 4. The molecule has 2 saturated carbocycles. The van der Waals surface area contributed by atoms with Crippen LogP contribution < -0.4 is 11.1 Å². The zero-order valence-electron chi connectivity index (χ0n) is 36.8. The Kier molecular flexibility index (Phi) is 13.2. The Bertz CT molecular complexity index is 2290. The molecule has 13 heteroatoms. The molecule has 0 radical (unpaired) electrons. The quantitative estimate of drug-likeness (QED) is 0.157. The molecule has 4 saturated heterocycles. The Balaban J connectivity index is 0.000000166. The van der Waals surface area contributed by atoms with Crippen molar-refractivity contribution in [3.63, 3.8) is 0 Å². The molecule has 10 nitrogen and oxygen atoms in total. The van der Waals surface area contributed by atoms with E-state index in [0.29, 0.717) is 42.0 Å². The number of nitriles is 1. The maximum absolute atomic E-state index is 13.6. The number of hydrogen-bond acceptors (Lipinski definition) is 8. The molecule has 2 aliphatic carbocycles. The van der Waals surface area contributed by atoms with Crippen molar-refractivity contribution in [3.8, 4) is 6.07 Å². The van der Waals surface area contributed by atoms with Crippen LogP contribution >= 0.6 is 0 Å². The van der Waals surface area contributed by atoms with E-state index >= 15 is 0 Å². The van der Waals surface area contributed by atoms with Gasteiger partial charge in [-0.3, -0.25) is 19.4 Å². The summed E-state index contributed by atoms with van der Waals surface area (Å²) in [5, 5.41) is 12.8. The molecular formula is C52H59F3N6O4. The number of likely N-dealkylation sites (tertiary alicyclic amines) is 2. The number of hydrogen-bond donors (Lipinski definition) is 2. The topological polar surface area (TPSA) is 124 Å². The second-order valence-corrected chi connectivity index (χ2v) is 19.2. The second-order valence-electron chi connectivity index (χ2n) is 19.2. The van der Waals surface area contributed by atoms with Crippen LogP contribution in [0.5, 0.6) is 0 Å². The molecule has 6 fully saturated rings. The van der Waals surface area contributed by atoms with Crippen LogP contribution in [0.4, 0.5) is 13.2 Å². The maximum atomic E-state index is 13.6. The van der Waals surface area contributed by atoms with Crippen LogP contribution in [0.1, 0.15) is 101 Å². The van der Waals surface area contributed by atoms with Gasteiger partial charge in [-0.1, -0.05) is 84.9 Å². The van der Waals surface area contributed by atoms with E-state index in [9.17, 15) is 22.8 Å². The average Bonchev–Trinajstić information content (AvgIpc) is 4.21. The highest BCUT2D eigenvalue weighted by Gasteiger charge is 2.57. The van der Waals surface area contributed by atoms with E-state index in [1.807, 2.05) is 66.7 Å². The minimum atomic E-state index is -4.90. The lowest BCUT2D eigenvalue weighted by Gasteiger charge is -2.39. The van der Waals surface area contributed by atoms with E-state index in [1.54, 1.807) is 12.1 Å². The van der Waals surface area contributed by atoms with E-state index in [2.05, 4.69) is 51.5 Å². The average molecular weight is 889 g/mol. The van der Waals surface area contributed by atoms with Gasteiger partial charge in [-0.05, 0) is 97.9 Å². The second kappa shape index (κ2) is 19.0. The van der Waals surface area contributed by atoms with Gasteiger partial charge in [0.25, 0.3) is 0 Å². The highest BCUT2D eigenvalue weighted by Crippen LogP contribution is 2.49. The van der Waals surface area contributed by atoms with Crippen LogP contribution in [-0.2, 0) is 27.4 Å². The summed E-state index contributed by atoms with van der Waals surface area (Å²) in [5.41, 5.74) is 10.9. The molecule has 4 aromatic carbocycles. The van der Waals surface area contributed by atoms with Crippen LogP contribution in [0.2, 0.25) is 0 Å². The number of halogens is 3. The lowest BCUT2D eigenvalue weighted by Crippen LogP contribution is -2.50. The summed E-state index contributed by atoms with van der Waals surface area (Å²) < 4.78 is 53.2. The number of nitrogens with one attached hydrogen (secondary N) is 1. The fourth-order valence-electron chi connectivity index (χ4n) is 10.9. The first-order valence-corrected chi connectivity index (χ1v) is 23.2. The number of piperidine rings is 2. The van der Waals surface area contributed by atoms with E-state index in [-0.39, 0.29) is 24.0 Å². The summed E-state index contributed by atoms with van der Waals surface area (Å²) in [6, 6.07) is 37.7. The van der Waals surface area contributed by atoms with Crippen molar-refractivity contribution >= 4 is 11.8 Å². The van der Waals surface area contributed by atoms with Gasteiger partial charge in [-0.15, -0.1) is 0 Å². The number of amides is 2. The Morgan fingerprint density at radius 1 is 0.723 bits per heavy atom. The normalized spacial score (nSPS) is 26.8. The Morgan fingerprint density at radius 3 is 1.78 bits per heavy atom. The van der Waals surface area contributed by atoms with Crippen LogP contribution in [0.25, 0.3) is 0 Å². The first-order valence-electron chi connectivity index (χ1n) is 23.2. The zero-order valence-corrected chi connectivity index (χ0v) is 36.8. The molecule has 4 aliphatic heterocycles. The number of ether oxygens (including phenoxy) is 2. The number of rotatable bonds is 11. The van der Waals surface area contributed by atoms with E-state index in [4.69, 9.17) is 20.5 Å². The summed E-state index contributed by atoms with van der Waals surface area (Å²) in [7, 11) is 0. The van der Waals surface area contributed by atoms with Crippen molar-refractivity contribution in [2.45, 2.75) is 118 Å². The Morgan fingerprint density at radius 2 is 1.25 bits per heavy atom. The Labute approximate surface area is 379 Å². The van der Waals surface area contributed by atoms with Crippen LogP contribution in [-0.4, -0.2) is 107 Å². The molecule has 3 N–H and O–H groups in total. The predicted molar refractivity (Wildman–Crippen MR) is 241 cm³/mol. The van der Waals surface area contributed by atoms with Gasteiger partial charge in [0, 0.05) is 74.8 Å². The third-order valence-electron chi connectivity index (χ3n) is 14.7. The standard InChI is InChI=1S/C27H28F3N3O2.C25H31N3O2/c28-27(29,30)25(34)33(24-14-23(24)21-4-2-1-3-5-21)22-15-26(35-18-22)10-12-32(13-11-26)17-20-8-6-19(16-31)7-9-20;26-24(29)20-8-6-18(7-9-20)16-28-12-10-25(11-13-28)15-21(17-30-25)27-23-14-22(23)19-4-2-1-3-5-19/h1-9,22-24H,10-15,17-18H2;1-9,21-23,27H,10-17H2,(H2,26,29)/t22?,23-,24+;21?,22-,23+/m00/s1. The molecule has 342 valence electrons. The zero-order chi connectivity index (χ0) is 45.2. The van der Waals surface area contributed by atoms with Gasteiger partial charge < -0.3 is 25.4 Å². The number of benzene rings is 4. The van der Waals surface area contributed by atoms with Crippen molar-refractivity contribution < 1.29 is 32.2 Å². The van der Waals surface area contributed by atoms with Gasteiger partial charge in [0.05, 0.1) is 42.1 Å². The van der Waals surface area contributed by atoms with Gasteiger partial charge in [0.15, 0.2) is 0 Å². The molecular weight excluding hydrogens is 830 g/mol. The van der Waals surface area contributed by atoms with E-state index < -0.39 is 29.8 Å². The molecule has 0 aromatic heterocycles. The molecule has 10 rings (SSSR count). The van der Waals surface area contributed by atoms with Crippen LogP contribution in [0.3, 0.4) is 0 Å². The van der Waals surface area contributed by atoms with Crippen molar-refractivity contribution in [3.05, 3.63) is 143 Å². The van der Waals surface area contributed by atoms with Gasteiger partial charge in [0.2, 0.25) is 5.91 Å². The van der Waals surface area contributed by atoms with Crippen molar-refractivity contribution in [1.29, 1.82) is 5.26 Å². The maximum Gasteiger partial charge on any atom is 0.471 e. The van der Waals surface area contributed by atoms with Crippen LogP contribution in [0, 0.1) is 11.3 Å². The minimum absolute atomic E-state index is 0.0567. The van der Waals surface area contributed by atoms with Gasteiger partial charge in [-0.2, -0.15) is 18.4 Å². The summed E-state index contributed by atoms with van der Waals surface area (Å²) >= 11 is 0. The third kappa shape index (κ3) is 10.8. The van der Waals surface area contributed by atoms with Crippen molar-refractivity contribution in [2.24, 2.45) is 5.73 Å². The largest absolute Gasteiger partial charge is 0.471 e. The smallest absolute Gasteiger partial charge is 0.373 e. The predicted octanol–water partition coefficient (Wildman–Crippen LogP) is 7.68. The first-order chi connectivity index (χ1) is 31.4. The summed E-state index contributed by atoms with van der Waals surface area (Å²) in [4.78, 5) is 29.6. The number of primary amides is 1. The number of carbonyl (C=O) groups excluding carboxylic acids is 2. The molecule has 4 heterocycles. The third-order valence-corrected chi connectivity index (χ3v) is 14.7. The minimum Gasteiger partial charge on any atom is -0.373 e. The van der Waals surface area contributed by atoms with Gasteiger partial charge in [0.1, 0.15) is 0 Å². The van der Waals surface area contributed by atoms with Crippen LogP contribution in [0.15, 0.2) is 109 Å². The highest BCUT2D eigenvalue weighted by molar-refractivity contribution is 5.92. The fraction of sp³-hybridized carbons (Fsp3) is 0.481. The molecule has 6 atom stereocenters. The summed E-state index contributed by atoms with van der Waals surface area (Å²) in [6.07, 6.45) is 2.10. The lowest BCUT2D eigenvalue weighted by molar-refractivity contribution is -0.188. The molecule has 65 heavy (non-hydrogen) atoms. The molecule has 6 aliphatic rings. The molecule has 4 aromatic rings. The molecule has 2 spiro atoms. The number of alkyl halides is 3. The van der Waals surface area contributed by atoms with E-state index in [0.717, 1.165) is 94.0 Å². The van der Waals surface area contributed by atoms with Crippen molar-refractivity contribution in [1.82, 2.24) is 20.0 Å². The Hall–Kier alpha value is -5.10.